The molecule has 2 aromatic heterocycles. The van der Waals surface area contributed by atoms with Crippen molar-refractivity contribution in [2.45, 2.75) is 19.3 Å². The third-order valence-corrected chi connectivity index (χ3v) is 2.79. The molecule has 84 valence electrons. The molecule has 0 spiro atoms. The molecule has 0 bridgehead atoms. The van der Waals surface area contributed by atoms with E-state index in [1.54, 1.807) is 10.7 Å². The highest BCUT2D eigenvalue weighted by atomic mass is 15.6. The molecule has 1 fully saturated rings. The van der Waals surface area contributed by atoms with Gasteiger partial charge in [0.15, 0.2) is 5.65 Å². The fourth-order valence-electron chi connectivity index (χ4n) is 1.96. The monoisotopic (exact) mass is 218 g/mol. The highest BCUT2D eigenvalue weighted by molar-refractivity contribution is 5.41. The van der Waals surface area contributed by atoms with Crippen molar-refractivity contribution >= 4 is 11.6 Å². The first-order chi connectivity index (χ1) is 7.93. The average molecular weight is 218 g/mol. The number of piperidine rings is 1. The zero-order chi connectivity index (χ0) is 10.8. The van der Waals surface area contributed by atoms with Crippen LogP contribution in [0.1, 0.15) is 19.3 Å². The van der Waals surface area contributed by atoms with Gasteiger partial charge >= 0.3 is 0 Å². The van der Waals surface area contributed by atoms with Crippen LogP contribution in [0.2, 0.25) is 0 Å². The van der Waals surface area contributed by atoms with E-state index in [1.165, 1.54) is 19.3 Å². The van der Waals surface area contributed by atoms with Gasteiger partial charge in [-0.05, 0) is 25.0 Å². The quantitative estimate of drug-likeness (QED) is 0.812. The number of hydrazine groups is 1. The second-order valence-electron chi connectivity index (χ2n) is 3.98. The summed E-state index contributed by atoms with van der Waals surface area (Å²) in [5, 5.41) is 14.5. The highest BCUT2D eigenvalue weighted by Crippen LogP contribution is 2.11. The van der Waals surface area contributed by atoms with Crippen molar-refractivity contribution in [3.8, 4) is 0 Å². The van der Waals surface area contributed by atoms with E-state index in [0.29, 0.717) is 5.95 Å². The zero-order valence-electron chi connectivity index (χ0n) is 9.00. The van der Waals surface area contributed by atoms with E-state index in [9.17, 15) is 0 Å². The molecule has 0 saturated carbocycles. The first-order valence-electron chi connectivity index (χ1n) is 5.61. The minimum atomic E-state index is 0.692. The second-order valence-corrected chi connectivity index (χ2v) is 3.98. The maximum atomic E-state index is 4.21. The first-order valence-corrected chi connectivity index (χ1v) is 5.61. The van der Waals surface area contributed by atoms with E-state index in [4.69, 9.17) is 0 Å². The van der Waals surface area contributed by atoms with Crippen LogP contribution < -0.4 is 5.43 Å². The molecule has 2 aromatic rings. The van der Waals surface area contributed by atoms with Gasteiger partial charge in [-0.15, -0.1) is 10.2 Å². The van der Waals surface area contributed by atoms with Crippen LogP contribution in [0.25, 0.3) is 5.65 Å². The molecule has 1 saturated heterocycles. The molecule has 0 atom stereocenters. The van der Waals surface area contributed by atoms with Crippen molar-refractivity contribution in [3.63, 3.8) is 0 Å². The predicted molar refractivity (Wildman–Crippen MR) is 59.8 cm³/mol. The molecule has 3 rings (SSSR count). The van der Waals surface area contributed by atoms with Crippen LogP contribution in [-0.2, 0) is 0 Å². The molecule has 6 heteroatoms. The van der Waals surface area contributed by atoms with Crippen molar-refractivity contribution in [2.24, 2.45) is 0 Å². The van der Waals surface area contributed by atoms with Crippen molar-refractivity contribution in [1.29, 1.82) is 0 Å². The topological polar surface area (TPSA) is 58.4 Å². The Hall–Kier alpha value is -1.69. The lowest BCUT2D eigenvalue weighted by Gasteiger charge is -2.26. The summed E-state index contributed by atoms with van der Waals surface area (Å²) in [4.78, 5) is 0. The summed E-state index contributed by atoms with van der Waals surface area (Å²) in [6.45, 7) is 2.11. The molecule has 0 amide bonds. The fourth-order valence-corrected chi connectivity index (χ4v) is 1.96. The molecule has 3 heterocycles. The maximum Gasteiger partial charge on any atom is 0.260 e. The minimum Gasteiger partial charge on any atom is -0.286 e. The molecule has 0 unspecified atom stereocenters. The van der Waals surface area contributed by atoms with Crippen LogP contribution >= 0.6 is 0 Å². The largest absolute Gasteiger partial charge is 0.286 e. The minimum absolute atomic E-state index is 0.692. The van der Waals surface area contributed by atoms with Gasteiger partial charge in [0.1, 0.15) is 0 Å². The standard InChI is InChI=1S/C10H14N6/c1-2-7-15(8-3-1)14-10-13-12-9-5-4-6-11-16(9)10/h4-6H,1-3,7-8H2,(H,13,14). The third kappa shape index (κ3) is 1.71. The lowest BCUT2D eigenvalue weighted by molar-refractivity contribution is 0.270. The van der Waals surface area contributed by atoms with E-state index < -0.39 is 0 Å². The number of nitrogens with one attached hydrogen (secondary N) is 1. The summed E-state index contributed by atoms with van der Waals surface area (Å²) in [7, 11) is 0. The van der Waals surface area contributed by atoms with Gasteiger partial charge in [0.25, 0.3) is 5.95 Å². The number of rotatable bonds is 2. The Balaban J connectivity index is 1.83. The van der Waals surface area contributed by atoms with Crippen LogP contribution in [0, 0.1) is 0 Å². The molecule has 0 aliphatic carbocycles. The molecule has 1 N–H and O–H groups in total. The number of aromatic nitrogens is 4. The Labute approximate surface area is 93.2 Å². The Bertz CT molecular complexity index is 473. The predicted octanol–water partition coefficient (Wildman–Crippen LogP) is 0.937. The van der Waals surface area contributed by atoms with Crippen LogP contribution in [0.15, 0.2) is 18.3 Å². The molecule has 0 aromatic carbocycles. The van der Waals surface area contributed by atoms with Gasteiger partial charge in [0.05, 0.1) is 0 Å². The van der Waals surface area contributed by atoms with Gasteiger partial charge in [-0.1, -0.05) is 6.42 Å². The number of fused-ring (bicyclic) bond motifs is 1. The molecule has 1 aliphatic heterocycles. The highest BCUT2D eigenvalue weighted by Gasteiger charge is 2.13. The van der Waals surface area contributed by atoms with E-state index in [0.717, 1.165) is 18.7 Å². The van der Waals surface area contributed by atoms with Crippen LogP contribution in [0.5, 0.6) is 0 Å². The van der Waals surface area contributed by atoms with Gasteiger partial charge in [-0.3, -0.25) is 5.43 Å². The summed E-state index contributed by atoms with van der Waals surface area (Å²) in [5.41, 5.74) is 4.03. The van der Waals surface area contributed by atoms with Gasteiger partial charge in [0, 0.05) is 19.3 Å². The van der Waals surface area contributed by atoms with E-state index in [1.807, 2.05) is 12.1 Å². The number of hydrogen-bond donors (Lipinski definition) is 1. The normalized spacial score (nSPS) is 17.8. The first kappa shape index (κ1) is 9.53. The van der Waals surface area contributed by atoms with Gasteiger partial charge in [0.2, 0.25) is 0 Å². The van der Waals surface area contributed by atoms with E-state index in [-0.39, 0.29) is 0 Å². The van der Waals surface area contributed by atoms with Gasteiger partial charge in [-0.25, -0.2) is 5.01 Å². The number of anilines is 1. The molecule has 0 radical (unpaired) electrons. The molecule has 16 heavy (non-hydrogen) atoms. The van der Waals surface area contributed by atoms with Crippen molar-refractivity contribution in [1.82, 2.24) is 24.8 Å². The average Bonchev–Trinajstić information content (AvgIpc) is 2.74. The molecule has 1 aliphatic rings. The Kier molecular flexibility index (Phi) is 2.41. The van der Waals surface area contributed by atoms with Crippen LogP contribution in [0.4, 0.5) is 5.95 Å². The van der Waals surface area contributed by atoms with E-state index in [2.05, 4.69) is 25.7 Å². The molecule has 6 nitrogen and oxygen atoms in total. The number of hydrogen-bond acceptors (Lipinski definition) is 5. The Morgan fingerprint density at radius 1 is 1.12 bits per heavy atom. The van der Waals surface area contributed by atoms with Crippen molar-refractivity contribution in [3.05, 3.63) is 18.3 Å². The molecular formula is C10H14N6. The summed E-state index contributed by atoms with van der Waals surface area (Å²) < 4.78 is 1.72. The van der Waals surface area contributed by atoms with Gasteiger partial charge in [-0.2, -0.15) is 9.61 Å². The van der Waals surface area contributed by atoms with Crippen molar-refractivity contribution in [2.75, 3.05) is 18.5 Å². The van der Waals surface area contributed by atoms with E-state index >= 15 is 0 Å². The summed E-state index contributed by atoms with van der Waals surface area (Å²) in [6, 6.07) is 3.75. The Morgan fingerprint density at radius 3 is 2.88 bits per heavy atom. The Morgan fingerprint density at radius 2 is 2.00 bits per heavy atom. The lowest BCUT2D eigenvalue weighted by Crippen LogP contribution is -2.35. The molecular weight excluding hydrogens is 204 g/mol. The SMILES string of the molecule is c1cnn2c(NN3CCCCC3)nnc2c1. The smallest absolute Gasteiger partial charge is 0.260 e. The van der Waals surface area contributed by atoms with Gasteiger partial charge < -0.3 is 0 Å². The third-order valence-electron chi connectivity index (χ3n) is 2.79. The van der Waals surface area contributed by atoms with Crippen LogP contribution in [0.3, 0.4) is 0 Å². The lowest BCUT2D eigenvalue weighted by atomic mass is 10.2. The fraction of sp³-hybridized carbons (Fsp3) is 0.500. The van der Waals surface area contributed by atoms with Crippen LogP contribution in [-0.4, -0.2) is 37.9 Å². The zero-order valence-corrected chi connectivity index (χ0v) is 9.00. The second kappa shape index (κ2) is 4.05. The summed E-state index contributed by atoms with van der Waals surface area (Å²) in [6.07, 6.45) is 5.52. The maximum absolute atomic E-state index is 4.21. The summed E-state index contributed by atoms with van der Waals surface area (Å²) >= 11 is 0. The van der Waals surface area contributed by atoms with Crippen molar-refractivity contribution < 1.29 is 0 Å². The number of nitrogens with zero attached hydrogens (tertiary/aromatic N) is 5. The summed E-state index contributed by atoms with van der Waals surface area (Å²) in [5.74, 6) is 0.692.